The molecule has 0 atom stereocenters. The molecular formula is C40H21N5O. The fourth-order valence-electron chi connectivity index (χ4n) is 5.79. The van der Waals surface area contributed by atoms with E-state index < -0.39 is 0 Å². The molecule has 0 saturated heterocycles. The number of hydrogen-bond acceptors (Lipinski definition) is 6. The summed E-state index contributed by atoms with van der Waals surface area (Å²) in [6.07, 6.45) is 0. The van der Waals surface area contributed by atoms with Crippen molar-refractivity contribution >= 4 is 39.0 Å². The number of fused-ring (bicyclic) bond motifs is 3. The summed E-state index contributed by atoms with van der Waals surface area (Å²) >= 11 is 0. The summed E-state index contributed by atoms with van der Waals surface area (Å²) in [5.41, 5.74) is 9.19. The number of para-hydroxylation sites is 2. The molecule has 0 aliphatic rings. The van der Waals surface area contributed by atoms with E-state index in [4.69, 9.17) is 4.42 Å². The monoisotopic (exact) mass is 587 g/mol. The van der Waals surface area contributed by atoms with E-state index in [1.54, 1.807) is 36.4 Å². The van der Waals surface area contributed by atoms with Gasteiger partial charge in [0.15, 0.2) is 5.58 Å². The van der Waals surface area contributed by atoms with E-state index in [-0.39, 0.29) is 0 Å². The first-order chi connectivity index (χ1) is 22.6. The Balaban J connectivity index is 1.37. The van der Waals surface area contributed by atoms with Gasteiger partial charge in [-0.15, -0.1) is 0 Å². The molecule has 0 aliphatic heterocycles. The van der Waals surface area contributed by atoms with Gasteiger partial charge in [0.05, 0.1) is 52.2 Å². The van der Waals surface area contributed by atoms with Crippen molar-refractivity contribution in [2.24, 2.45) is 0 Å². The first kappa shape index (κ1) is 27.7. The highest BCUT2D eigenvalue weighted by Crippen LogP contribution is 2.43. The Morgan fingerprint density at radius 2 is 0.891 bits per heavy atom. The summed E-state index contributed by atoms with van der Waals surface area (Å²) in [6.45, 7) is 0. The summed E-state index contributed by atoms with van der Waals surface area (Å²) in [5.74, 6) is 0. The smallest absolute Gasteiger partial charge is 0.159 e. The molecule has 0 N–H and O–H groups in total. The molecule has 0 unspecified atom stereocenters. The van der Waals surface area contributed by atoms with E-state index in [2.05, 4.69) is 41.3 Å². The van der Waals surface area contributed by atoms with E-state index in [0.29, 0.717) is 22.3 Å². The van der Waals surface area contributed by atoms with Crippen molar-refractivity contribution in [3.05, 3.63) is 150 Å². The summed E-state index contributed by atoms with van der Waals surface area (Å²) in [4.78, 5) is 2.12. The first-order valence-corrected chi connectivity index (χ1v) is 14.4. The second kappa shape index (κ2) is 11.5. The standard InChI is InChI=1S/C40H21N5O/c41-22-26-16-27(23-42)19-32(18-26)30-8-12-34(13-9-30)45(38-6-3-5-37-36-4-1-2-7-39(36)46-40(37)38)35-14-10-31(11-15-35)33-20-28(24-43)17-29(21-33)25-44/h1-21H. The fourth-order valence-corrected chi connectivity index (χ4v) is 5.79. The Morgan fingerprint density at radius 1 is 0.435 bits per heavy atom. The molecule has 1 heterocycles. The van der Waals surface area contributed by atoms with Gasteiger partial charge in [-0.2, -0.15) is 21.0 Å². The van der Waals surface area contributed by atoms with Crippen LogP contribution in [-0.2, 0) is 0 Å². The third kappa shape index (κ3) is 4.96. The second-order valence-electron chi connectivity index (χ2n) is 10.7. The van der Waals surface area contributed by atoms with Gasteiger partial charge in [0, 0.05) is 22.1 Å². The lowest BCUT2D eigenvalue weighted by molar-refractivity contribution is 0.669. The van der Waals surface area contributed by atoms with E-state index >= 15 is 0 Å². The minimum absolute atomic E-state index is 0.429. The first-order valence-electron chi connectivity index (χ1n) is 14.4. The fraction of sp³-hybridized carbons (Fsp3) is 0. The number of hydrogen-bond donors (Lipinski definition) is 0. The van der Waals surface area contributed by atoms with Crippen LogP contribution in [0.5, 0.6) is 0 Å². The molecule has 0 saturated carbocycles. The van der Waals surface area contributed by atoms with E-state index in [1.165, 1.54) is 0 Å². The van der Waals surface area contributed by atoms with Crippen LogP contribution in [-0.4, -0.2) is 0 Å². The Morgan fingerprint density at radius 3 is 1.37 bits per heavy atom. The van der Waals surface area contributed by atoms with Gasteiger partial charge in [-0.05, 0) is 95.1 Å². The molecular weight excluding hydrogens is 566 g/mol. The third-order valence-corrected chi connectivity index (χ3v) is 7.92. The number of furan rings is 1. The average Bonchev–Trinajstić information content (AvgIpc) is 3.51. The van der Waals surface area contributed by atoms with Crippen LogP contribution in [0.1, 0.15) is 22.3 Å². The largest absolute Gasteiger partial charge is 0.454 e. The molecule has 7 aromatic rings. The quantitative estimate of drug-likeness (QED) is 0.198. The van der Waals surface area contributed by atoms with Crippen molar-refractivity contribution in [2.45, 2.75) is 0 Å². The van der Waals surface area contributed by atoms with Gasteiger partial charge in [-0.1, -0.05) is 54.6 Å². The molecule has 6 nitrogen and oxygen atoms in total. The van der Waals surface area contributed by atoms with Gasteiger partial charge in [0.1, 0.15) is 5.58 Å². The number of nitrogens with zero attached hydrogens (tertiary/aromatic N) is 5. The lowest BCUT2D eigenvalue weighted by Crippen LogP contribution is -2.10. The molecule has 0 aliphatic carbocycles. The maximum absolute atomic E-state index is 9.48. The molecule has 212 valence electrons. The van der Waals surface area contributed by atoms with Crippen LogP contribution >= 0.6 is 0 Å². The summed E-state index contributed by atoms with van der Waals surface area (Å²) in [6, 6.07) is 48.8. The van der Waals surface area contributed by atoms with E-state index in [1.807, 2.05) is 78.9 Å². The molecule has 0 spiro atoms. The van der Waals surface area contributed by atoms with Crippen molar-refractivity contribution in [2.75, 3.05) is 4.90 Å². The molecule has 0 radical (unpaired) electrons. The van der Waals surface area contributed by atoms with Gasteiger partial charge >= 0.3 is 0 Å². The van der Waals surface area contributed by atoms with Gasteiger partial charge in [-0.25, -0.2) is 0 Å². The SMILES string of the molecule is N#Cc1cc(C#N)cc(-c2ccc(N(c3ccc(-c4cc(C#N)cc(C#N)c4)cc3)c3cccc4c3oc3ccccc34)cc2)c1. The maximum atomic E-state index is 9.48. The van der Waals surface area contributed by atoms with E-state index in [0.717, 1.165) is 61.3 Å². The average molecular weight is 588 g/mol. The van der Waals surface area contributed by atoms with Crippen LogP contribution in [0.2, 0.25) is 0 Å². The minimum atomic E-state index is 0.429. The van der Waals surface area contributed by atoms with Crippen molar-refractivity contribution in [3.8, 4) is 46.5 Å². The third-order valence-electron chi connectivity index (χ3n) is 7.92. The van der Waals surface area contributed by atoms with Crippen LogP contribution in [0.4, 0.5) is 17.1 Å². The topological polar surface area (TPSA) is 112 Å². The Hall–Kier alpha value is -7.12. The predicted octanol–water partition coefficient (Wildman–Crippen LogP) is 9.88. The lowest BCUT2D eigenvalue weighted by atomic mass is 9.99. The van der Waals surface area contributed by atoms with Gasteiger partial charge in [0.2, 0.25) is 0 Å². The molecule has 0 fully saturated rings. The van der Waals surface area contributed by atoms with Gasteiger partial charge in [0.25, 0.3) is 0 Å². The predicted molar refractivity (Wildman–Crippen MR) is 178 cm³/mol. The zero-order valence-electron chi connectivity index (χ0n) is 24.3. The Kier molecular flexibility index (Phi) is 6.94. The summed E-state index contributed by atoms with van der Waals surface area (Å²) in [5, 5.41) is 39.9. The van der Waals surface area contributed by atoms with Crippen molar-refractivity contribution < 1.29 is 4.42 Å². The minimum Gasteiger partial charge on any atom is -0.454 e. The number of rotatable bonds is 5. The highest BCUT2D eigenvalue weighted by atomic mass is 16.3. The number of anilines is 3. The second-order valence-corrected chi connectivity index (χ2v) is 10.7. The van der Waals surface area contributed by atoms with Crippen LogP contribution in [0.3, 0.4) is 0 Å². The zero-order valence-corrected chi connectivity index (χ0v) is 24.3. The molecule has 0 amide bonds. The van der Waals surface area contributed by atoms with Crippen molar-refractivity contribution in [1.82, 2.24) is 0 Å². The van der Waals surface area contributed by atoms with Crippen LogP contribution in [0.15, 0.2) is 132 Å². The Labute approximate surface area is 265 Å². The van der Waals surface area contributed by atoms with Crippen LogP contribution in [0, 0.1) is 45.3 Å². The molecule has 6 heteroatoms. The van der Waals surface area contributed by atoms with E-state index in [9.17, 15) is 21.0 Å². The maximum Gasteiger partial charge on any atom is 0.159 e. The number of benzene rings is 6. The van der Waals surface area contributed by atoms with Crippen LogP contribution < -0.4 is 4.90 Å². The van der Waals surface area contributed by atoms with Gasteiger partial charge in [-0.3, -0.25) is 0 Å². The van der Waals surface area contributed by atoms with Gasteiger partial charge < -0.3 is 9.32 Å². The highest BCUT2D eigenvalue weighted by molar-refractivity contribution is 6.10. The molecule has 1 aromatic heterocycles. The Bertz CT molecular complexity index is 2280. The molecule has 6 aromatic carbocycles. The molecule has 7 rings (SSSR count). The molecule has 46 heavy (non-hydrogen) atoms. The lowest BCUT2D eigenvalue weighted by Gasteiger charge is -2.26. The summed E-state index contributed by atoms with van der Waals surface area (Å²) < 4.78 is 6.43. The zero-order chi connectivity index (χ0) is 31.6. The van der Waals surface area contributed by atoms with Crippen molar-refractivity contribution in [3.63, 3.8) is 0 Å². The van der Waals surface area contributed by atoms with Crippen molar-refractivity contribution in [1.29, 1.82) is 21.0 Å². The summed E-state index contributed by atoms with van der Waals surface area (Å²) in [7, 11) is 0. The normalized spacial score (nSPS) is 10.5. The number of nitriles is 4. The molecule has 0 bridgehead atoms. The van der Waals surface area contributed by atoms with Crippen LogP contribution in [0.25, 0.3) is 44.2 Å². The highest BCUT2D eigenvalue weighted by Gasteiger charge is 2.19.